The summed E-state index contributed by atoms with van der Waals surface area (Å²) in [7, 11) is -1.78. The van der Waals surface area contributed by atoms with Gasteiger partial charge >= 0.3 is 0 Å². The first kappa shape index (κ1) is 20.1. The second-order valence-electron chi connectivity index (χ2n) is 8.87. The van der Waals surface area contributed by atoms with E-state index in [1.54, 1.807) is 11.3 Å². The van der Waals surface area contributed by atoms with Crippen LogP contribution in [-0.2, 0) is 23.1 Å². The maximum absolute atomic E-state index is 11.5. The molecule has 1 aliphatic carbocycles. The van der Waals surface area contributed by atoms with Gasteiger partial charge in [-0.3, -0.25) is 0 Å². The number of aryl methyl sites for hydroxylation is 1. The minimum absolute atomic E-state index is 0.199. The third-order valence-electron chi connectivity index (χ3n) is 6.01. The van der Waals surface area contributed by atoms with Crippen molar-refractivity contribution in [3.05, 3.63) is 56.2 Å². The molecule has 3 rings (SSSR count). The molecule has 0 amide bonds. The van der Waals surface area contributed by atoms with Crippen molar-refractivity contribution < 1.29 is 9.53 Å². The van der Waals surface area contributed by atoms with E-state index in [2.05, 4.69) is 51.4 Å². The van der Waals surface area contributed by atoms with Gasteiger partial charge in [-0.1, -0.05) is 38.4 Å². The molecule has 1 aliphatic rings. The highest BCUT2D eigenvalue weighted by Gasteiger charge is 2.39. The third-order valence-corrected chi connectivity index (χ3v) is 11.6. The molecule has 0 radical (unpaired) electrons. The van der Waals surface area contributed by atoms with E-state index in [-0.39, 0.29) is 5.04 Å². The lowest BCUT2D eigenvalue weighted by molar-refractivity contribution is 0.0619. The lowest BCUT2D eigenvalue weighted by Gasteiger charge is -2.36. The van der Waals surface area contributed by atoms with E-state index in [0.29, 0.717) is 11.6 Å². The van der Waals surface area contributed by atoms with Crippen LogP contribution in [0.25, 0.3) is 0 Å². The predicted molar refractivity (Wildman–Crippen MR) is 114 cm³/mol. The fraction of sp³-hybridized carbons (Fsp3) is 0.524. The van der Waals surface area contributed by atoms with Gasteiger partial charge in [0, 0.05) is 9.90 Å². The van der Waals surface area contributed by atoms with E-state index in [1.165, 1.54) is 10.4 Å². The van der Waals surface area contributed by atoms with Crippen LogP contribution in [-0.4, -0.2) is 13.4 Å². The number of aliphatic hydroxyl groups is 1. The Balaban J connectivity index is 1.84. The molecule has 2 nitrogen and oxygen atoms in total. The van der Waals surface area contributed by atoms with Crippen molar-refractivity contribution in [3.8, 4) is 0 Å². The normalized spacial score (nSPS) is 20.9. The zero-order chi connectivity index (χ0) is 19.2. The van der Waals surface area contributed by atoms with Gasteiger partial charge < -0.3 is 9.53 Å². The Kier molecular flexibility index (Phi) is 5.46. The van der Waals surface area contributed by atoms with Crippen molar-refractivity contribution in [1.82, 2.24) is 0 Å². The Hall–Kier alpha value is -0.653. The summed E-state index contributed by atoms with van der Waals surface area (Å²) in [4.78, 5) is 1.17. The summed E-state index contributed by atoms with van der Waals surface area (Å²) in [5.74, 6) is 0. The molecule has 0 aliphatic heterocycles. The van der Waals surface area contributed by atoms with Crippen molar-refractivity contribution in [2.45, 2.75) is 70.4 Å². The Morgan fingerprint density at radius 2 is 2.00 bits per heavy atom. The fourth-order valence-electron chi connectivity index (χ4n) is 3.26. The summed E-state index contributed by atoms with van der Waals surface area (Å²) in [6.07, 6.45) is 2.72. The van der Waals surface area contributed by atoms with Crippen molar-refractivity contribution >= 4 is 31.3 Å². The highest BCUT2D eigenvalue weighted by atomic mass is 35.5. The lowest BCUT2D eigenvalue weighted by Crippen LogP contribution is -2.40. The smallest absolute Gasteiger partial charge is 0.192 e. The second kappa shape index (κ2) is 7.06. The first-order chi connectivity index (χ1) is 12.0. The first-order valence-electron chi connectivity index (χ1n) is 9.26. The summed E-state index contributed by atoms with van der Waals surface area (Å²) in [5.41, 5.74) is 2.20. The molecule has 1 atom stereocenters. The van der Waals surface area contributed by atoms with Gasteiger partial charge in [0.05, 0.1) is 6.61 Å². The topological polar surface area (TPSA) is 29.5 Å². The van der Waals surface area contributed by atoms with Crippen molar-refractivity contribution in [2.24, 2.45) is 0 Å². The van der Waals surface area contributed by atoms with Crippen LogP contribution in [0, 0.1) is 0 Å². The van der Waals surface area contributed by atoms with E-state index < -0.39 is 13.9 Å². The molecule has 1 aromatic heterocycles. The maximum atomic E-state index is 11.5. The average Bonchev–Trinajstić information content (AvgIpc) is 3.03. The molecule has 1 unspecified atom stereocenters. The van der Waals surface area contributed by atoms with Gasteiger partial charge in [-0.2, -0.15) is 0 Å². The van der Waals surface area contributed by atoms with Crippen molar-refractivity contribution in [2.75, 3.05) is 0 Å². The monoisotopic (exact) mass is 408 g/mol. The summed E-state index contributed by atoms with van der Waals surface area (Å²) in [6.45, 7) is 11.9. The average molecular weight is 409 g/mol. The Morgan fingerprint density at radius 1 is 1.27 bits per heavy atom. The minimum Gasteiger partial charge on any atom is -0.412 e. The van der Waals surface area contributed by atoms with Gasteiger partial charge in [-0.05, 0) is 77.7 Å². The number of halogens is 1. The summed E-state index contributed by atoms with van der Waals surface area (Å²) in [5, 5.41) is 14.5. The van der Waals surface area contributed by atoms with Gasteiger partial charge in [-0.15, -0.1) is 11.3 Å². The molecule has 0 saturated heterocycles. The molecular weight excluding hydrogens is 380 g/mol. The Bertz CT molecular complexity index is 794. The summed E-state index contributed by atoms with van der Waals surface area (Å²) < 4.78 is 6.35. The van der Waals surface area contributed by atoms with Crippen LogP contribution >= 0.6 is 22.9 Å². The number of benzene rings is 1. The van der Waals surface area contributed by atoms with Crippen LogP contribution < -0.4 is 0 Å². The highest BCUT2D eigenvalue weighted by molar-refractivity contribution is 7.10. The molecule has 0 saturated carbocycles. The van der Waals surface area contributed by atoms with Crippen molar-refractivity contribution in [1.29, 1.82) is 0 Å². The molecule has 142 valence electrons. The Labute approximate surface area is 167 Å². The van der Waals surface area contributed by atoms with Gasteiger partial charge in [0.1, 0.15) is 5.60 Å². The number of hydrogen-bond donors (Lipinski definition) is 1. The predicted octanol–water partition coefficient (Wildman–Crippen LogP) is 6.50. The van der Waals surface area contributed by atoms with Crippen LogP contribution in [0.1, 0.15) is 55.2 Å². The van der Waals surface area contributed by atoms with E-state index in [0.717, 1.165) is 30.4 Å². The standard InChI is InChI=1S/C21H29ClO2SSi/c1-20(2,3)26(4,5)24-13-18-11-16(14-25-18)21(23)10-6-7-15-8-9-17(22)12-19(15)21/h8-9,11-12,14,23H,6-7,10,13H2,1-5H3. The minimum atomic E-state index is -1.78. The third kappa shape index (κ3) is 3.81. The van der Waals surface area contributed by atoms with E-state index in [1.807, 2.05) is 12.1 Å². The van der Waals surface area contributed by atoms with Gasteiger partial charge in [-0.25, -0.2) is 0 Å². The maximum Gasteiger partial charge on any atom is 0.192 e. The first-order valence-corrected chi connectivity index (χ1v) is 13.4. The quantitative estimate of drug-likeness (QED) is 0.585. The van der Waals surface area contributed by atoms with Crippen LogP contribution in [0.5, 0.6) is 0 Å². The van der Waals surface area contributed by atoms with Crippen LogP contribution in [0.2, 0.25) is 23.2 Å². The molecule has 0 fully saturated rings. The van der Waals surface area contributed by atoms with Gasteiger partial charge in [0.2, 0.25) is 0 Å². The molecular formula is C21H29ClO2SSi. The van der Waals surface area contributed by atoms with Gasteiger partial charge in [0.15, 0.2) is 8.32 Å². The number of thiophene rings is 1. The molecule has 26 heavy (non-hydrogen) atoms. The fourth-order valence-corrected chi connectivity index (χ4v) is 5.35. The number of rotatable bonds is 4. The molecule has 2 aromatic rings. The molecule has 5 heteroatoms. The largest absolute Gasteiger partial charge is 0.412 e. The van der Waals surface area contributed by atoms with Crippen LogP contribution in [0.4, 0.5) is 0 Å². The number of fused-ring (bicyclic) bond motifs is 1. The zero-order valence-electron chi connectivity index (χ0n) is 16.4. The van der Waals surface area contributed by atoms with E-state index >= 15 is 0 Å². The lowest BCUT2D eigenvalue weighted by atomic mass is 9.76. The van der Waals surface area contributed by atoms with Gasteiger partial charge in [0.25, 0.3) is 0 Å². The molecule has 0 bridgehead atoms. The van der Waals surface area contributed by atoms with E-state index in [4.69, 9.17) is 16.0 Å². The molecule has 1 heterocycles. The molecule has 1 aromatic carbocycles. The van der Waals surface area contributed by atoms with Crippen LogP contribution in [0.15, 0.2) is 29.6 Å². The molecule has 0 spiro atoms. The molecule has 1 N–H and O–H groups in total. The SMILES string of the molecule is CC(C)(C)[Si](C)(C)OCc1cc(C2(O)CCCc3ccc(Cl)cc32)cs1. The highest BCUT2D eigenvalue weighted by Crippen LogP contribution is 2.43. The summed E-state index contributed by atoms with van der Waals surface area (Å²) >= 11 is 7.89. The summed E-state index contributed by atoms with van der Waals surface area (Å²) in [6, 6.07) is 8.02. The Morgan fingerprint density at radius 3 is 2.69 bits per heavy atom. The van der Waals surface area contributed by atoms with E-state index in [9.17, 15) is 5.11 Å². The second-order valence-corrected chi connectivity index (χ2v) is 15.1. The van der Waals surface area contributed by atoms with Crippen LogP contribution in [0.3, 0.4) is 0 Å². The number of hydrogen-bond acceptors (Lipinski definition) is 3. The zero-order valence-corrected chi connectivity index (χ0v) is 18.9. The van der Waals surface area contributed by atoms with Crippen molar-refractivity contribution in [3.63, 3.8) is 0 Å².